The molecule has 1 heterocycles. The molecule has 1 aliphatic carbocycles. The fourth-order valence-electron chi connectivity index (χ4n) is 3.95. The molecule has 28 heavy (non-hydrogen) atoms. The molecule has 1 amide bonds. The Morgan fingerprint density at radius 2 is 1.93 bits per heavy atom. The molecule has 2 fully saturated rings. The van der Waals surface area contributed by atoms with E-state index in [9.17, 15) is 4.79 Å². The van der Waals surface area contributed by atoms with Crippen LogP contribution in [-0.2, 0) is 14.3 Å². The molecule has 2 aliphatic rings. The third-order valence-electron chi connectivity index (χ3n) is 5.54. The predicted octanol–water partition coefficient (Wildman–Crippen LogP) is 2.17. The molecule has 1 atom stereocenters. The second-order valence-corrected chi connectivity index (χ2v) is 7.82. The number of nitrogens with zero attached hydrogens (tertiary/aromatic N) is 2. The lowest BCUT2D eigenvalue weighted by molar-refractivity contribution is -0.135. The first-order valence-corrected chi connectivity index (χ1v) is 11.1. The lowest BCUT2D eigenvalue weighted by Gasteiger charge is -2.26. The van der Waals surface area contributed by atoms with Gasteiger partial charge in [0.05, 0.1) is 13.2 Å². The Kier molecular flexibility index (Phi) is 11.3. The van der Waals surface area contributed by atoms with Gasteiger partial charge >= 0.3 is 0 Å². The summed E-state index contributed by atoms with van der Waals surface area (Å²) in [6, 6.07) is 0.294. The summed E-state index contributed by atoms with van der Waals surface area (Å²) in [6.45, 7) is 7.41. The molecule has 0 radical (unpaired) electrons. The molecule has 2 N–H and O–H groups in total. The highest BCUT2D eigenvalue weighted by atomic mass is 16.5. The Morgan fingerprint density at radius 1 is 1.11 bits per heavy atom. The first-order chi connectivity index (χ1) is 13.7. The molecule has 1 saturated carbocycles. The number of rotatable bonds is 11. The van der Waals surface area contributed by atoms with E-state index in [0.717, 1.165) is 70.8 Å². The fraction of sp³-hybridized carbons (Fsp3) is 0.905. The van der Waals surface area contributed by atoms with Crippen LogP contribution in [0.4, 0.5) is 0 Å². The van der Waals surface area contributed by atoms with E-state index in [2.05, 4.69) is 27.4 Å². The zero-order valence-electron chi connectivity index (χ0n) is 17.9. The van der Waals surface area contributed by atoms with Gasteiger partial charge < -0.3 is 25.0 Å². The van der Waals surface area contributed by atoms with Gasteiger partial charge in [-0.3, -0.25) is 9.79 Å². The lowest BCUT2D eigenvalue weighted by Crippen LogP contribution is -2.45. The Hall–Kier alpha value is -1.34. The van der Waals surface area contributed by atoms with Crippen LogP contribution < -0.4 is 10.6 Å². The molecule has 7 nitrogen and oxygen atoms in total. The summed E-state index contributed by atoms with van der Waals surface area (Å²) in [5, 5.41) is 6.84. The monoisotopic (exact) mass is 396 g/mol. The maximum absolute atomic E-state index is 12.7. The normalized spacial score (nSPS) is 21.1. The molecule has 1 unspecified atom stereocenters. The molecule has 0 aromatic carbocycles. The molecule has 162 valence electrons. The summed E-state index contributed by atoms with van der Waals surface area (Å²) in [7, 11) is 1.68. The van der Waals surface area contributed by atoms with Crippen LogP contribution in [0.25, 0.3) is 0 Å². The highest BCUT2D eigenvalue weighted by molar-refractivity contribution is 5.81. The third kappa shape index (κ3) is 8.35. The van der Waals surface area contributed by atoms with Crippen molar-refractivity contribution in [3.8, 4) is 0 Å². The average Bonchev–Trinajstić information content (AvgIpc) is 3.18. The van der Waals surface area contributed by atoms with Gasteiger partial charge in [0.1, 0.15) is 0 Å². The van der Waals surface area contributed by atoms with E-state index < -0.39 is 0 Å². The van der Waals surface area contributed by atoms with Crippen molar-refractivity contribution >= 4 is 11.9 Å². The van der Waals surface area contributed by atoms with Crippen LogP contribution in [0.1, 0.15) is 58.3 Å². The van der Waals surface area contributed by atoms with E-state index in [1.807, 2.05) is 0 Å². The van der Waals surface area contributed by atoms with Crippen molar-refractivity contribution in [3.63, 3.8) is 0 Å². The second kappa shape index (κ2) is 13.8. The van der Waals surface area contributed by atoms with E-state index >= 15 is 0 Å². The van der Waals surface area contributed by atoms with Gasteiger partial charge in [-0.2, -0.15) is 0 Å². The highest BCUT2D eigenvalue weighted by Crippen LogP contribution is 2.26. The molecular formula is C21H40N4O3. The summed E-state index contributed by atoms with van der Waals surface area (Å²) in [4.78, 5) is 19.5. The smallest absolute Gasteiger partial charge is 0.225 e. The van der Waals surface area contributed by atoms with Gasteiger partial charge in [0.25, 0.3) is 0 Å². The summed E-state index contributed by atoms with van der Waals surface area (Å²) >= 11 is 0. The molecule has 0 aromatic heterocycles. The third-order valence-corrected chi connectivity index (χ3v) is 5.54. The van der Waals surface area contributed by atoms with Crippen molar-refractivity contribution in [2.24, 2.45) is 10.9 Å². The Labute approximate surface area is 170 Å². The van der Waals surface area contributed by atoms with Crippen LogP contribution in [0.15, 0.2) is 4.99 Å². The first-order valence-electron chi connectivity index (χ1n) is 11.1. The number of ether oxygens (including phenoxy) is 2. The van der Waals surface area contributed by atoms with Crippen LogP contribution in [0.3, 0.4) is 0 Å². The van der Waals surface area contributed by atoms with Gasteiger partial charge in [-0.1, -0.05) is 19.3 Å². The summed E-state index contributed by atoms with van der Waals surface area (Å²) in [5.74, 6) is 1.50. The molecule has 0 aromatic rings. The SMILES string of the molecule is CCNC(=NCCCCOCCOC)NC1CCN(C(=O)C2CCCCC2)C1. The number of carbonyl (C=O) groups excluding carboxylic acids is 1. The van der Waals surface area contributed by atoms with E-state index in [1.54, 1.807) is 7.11 Å². The van der Waals surface area contributed by atoms with Crippen molar-refractivity contribution in [3.05, 3.63) is 0 Å². The van der Waals surface area contributed by atoms with Crippen molar-refractivity contribution in [1.82, 2.24) is 15.5 Å². The zero-order valence-corrected chi connectivity index (χ0v) is 17.9. The minimum Gasteiger partial charge on any atom is -0.382 e. The number of unbranched alkanes of at least 4 members (excludes halogenated alkanes) is 1. The zero-order chi connectivity index (χ0) is 20.0. The second-order valence-electron chi connectivity index (χ2n) is 7.82. The van der Waals surface area contributed by atoms with Gasteiger partial charge in [-0.25, -0.2) is 0 Å². The quantitative estimate of drug-likeness (QED) is 0.318. The Morgan fingerprint density at radius 3 is 2.68 bits per heavy atom. The lowest BCUT2D eigenvalue weighted by atomic mass is 9.88. The van der Waals surface area contributed by atoms with E-state index in [-0.39, 0.29) is 5.92 Å². The minimum atomic E-state index is 0.264. The molecule has 1 aliphatic heterocycles. The van der Waals surface area contributed by atoms with E-state index in [4.69, 9.17) is 9.47 Å². The average molecular weight is 397 g/mol. The maximum Gasteiger partial charge on any atom is 0.225 e. The molecular weight excluding hydrogens is 356 g/mol. The highest BCUT2D eigenvalue weighted by Gasteiger charge is 2.31. The topological polar surface area (TPSA) is 75.2 Å². The number of nitrogens with one attached hydrogen (secondary N) is 2. The van der Waals surface area contributed by atoms with Crippen LogP contribution in [0, 0.1) is 5.92 Å². The fourth-order valence-corrected chi connectivity index (χ4v) is 3.95. The van der Waals surface area contributed by atoms with Crippen molar-refractivity contribution < 1.29 is 14.3 Å². The summed E-state index contributed by atoms with van der Waals surface area (Å²) in [6.07, 6.45) is 8.85. The number of likely N-dealkylation sites (tertiary alicyclic amines) is 1. The summed E-state index contributed by atoms with van der Waals surface area (Å²) in [5.41, 5.74) is 0. The Balaban J connectivity index is 1.67. The molecule has 2 rings (SSSR count). The van der Waals surface area contributed by atoms with Crippen LogP contribution >= 0.6 is 0 Å². The number of amides is 1. The number of guanidine groups is 1. The summed E-state index contributed by atoms with van der Waals surface area (Å²) < 4.78 is 10.4. The number of hydrogen-bond donors (Lipinski definition) is 2. The van der Waals surface area contributed by atoms with Crippen molar-refractivity contribution in [2.75, 3.05) is 53.1 Å². The number of hydrogen-bond acceptors (Lipinski definition) is 4. The minimum absolute atomic E-state index is 0.264. The van der Waals surface area contributed by atoms with Crippen molar-refractivity contribution in [1.29, 1.82) is 0 Å². The molecule has 0 bridgehead atoms. The van der Waals surface area contributed by atoms with Gasteiger partial charge in [0.2, 0.25) is 5.91 Å². The van der Waals surface area contributed by atoms with Crippen molar-refractivity contribution in [2.45, 2.75) is 64.3 Å². The van der Waals surface area contributed by atoms with Crippen LogP contribution in [-0.4, -0.2) is 75.9 Å². The van der Waals surface area contributed by atoms with Gasteiger partial charge in [0.15, 0.2) is 5.96 Å². The van der Waals surface area contributed by atoms with E-state index in [1.165, 1.54) is 19.3 Å². The molecule has 0 spiro atoms. The Bertz CT molecular complexity index is 467. The first kappa shape index (κ1) is 22.9. The molecule has 7 heteroatoms. The van der Waals surface area contributed by atoms with Crippen LogP contribution in [0.5, 0.6) is 0 Å². The standard InChI is InChI=1S/C21H40N4O3/c1-3-22-21(23-12-7-8-14-28-16-15-27-2)24-19-11-13-25(17-19)20(26)18-9-5-4-6-10-18/h18-19H,3-17H2,1-2H3,(H2,22,23,24). The van der Waals surface area contributed by atoms with E-state index in [0.29, 0.717) is 25.2 Å². The predicted molar refractivity (Wildman–Crippen MR) is 113 cm³/mol. The number of carbonyl (C=O) groups is 1. The van der Waals surface area contributed by atoms with Gasteiger partial charge in [0, 0.05) is 51.9 Å². The largest absolute Gasteiger partial charge is 0.382 e. The van der Waals surface area contributed by atoms with Gasteiger partial charge in [-0.15, -0.1) is 0 Å². The van der Waals surface area contributed by atoms with Crippen LogP contribution in [0.2, 0.25) is 0 Å². The molecule has 1 saturated heterocycles. The maximum atomic E-state index is 12.7. The number of aliphatic imine (C=N–C) groups is 1. The number of methoxy groups -OCH3 is 1. The van der Waals surface area contributed by atoms with Gasteiger partial charge in [-0.05, 0) is 39.0 Å².